The van der Waals surface area contributed by atoms with E-state index in [0.29, 0.717) is 0 Å². The van der Waals surface area contributed by atoms with Gasteiger partial charge in [0.15, 0.2) is 43.8 Å². The molecule has 390 valence electrons. The van der Waals surface area contributed by atoms with Gasteiger partial charge in [0.05, 0.1) is 37.6 Å². The highest BCUT2D eigenvalue weighted by atomic mass is 16.8. The summed E-state index contributed by atoms with van der Waals surface area (Å²) in [5.74, 6) is -1.89. The third-order valence-electron chi connectivity index (χ3n) is 12.6. The Labute approximate surface area is 381 Å². The summed E-state index contributed by atoms with van der Waals surface area (Å²) in [6.07, 6.45) is -55.2. The molecule has 6 aliphatic heterocycles. The molecule has 6 rings (SSSR count). The fourth-order valence-electron chi connectivity index (χ4n) is 8.50. The van der Waals surface area contributed by atoms with Crippen LogP contribution in [0.25, 0.3) is 0 Å². The minimum atomic E-state index is -2.37. The lowest BCUT2D eigenvalue weighted by atomic mass is 9.95. The quantitative estimate of drug-likeness (QED) is 0.0724. The molecule has 67 heavy (non-hydrogen) atoms. The largest absolute Gasteiger partial charge is 0.479 e. The van der Waals surface area contributed by atoms with Gasteiger partial charge in [-0.05, 0) is 27.7 Å². The normalized spacial score (nSPS) is 53.3. The predicted octanol–water partition coefficient (Wildman–Crippen LogP) is -9.91. The van der Waals surface area contributed by atoms with Crippen molar-refractivity contribution >= 4 is 5.97 Å². The Morgan fingerprint density at radius 3 is 1.24 bits per heavy atom. The predicted molar refractivity (Wildman–Crippen MR) is 207 cm³/mol. The Balaban J connectivity index is 1.32. The number of aliphatic hydroxyl groups is 14. The van der Waals surface area contributed by atoms with E-state index in [4.69, 9.17) is 62.6 Å². The number of carboxylic acid groups (broad SMARTS) is 1. The lowest BCUT2D eigenvalue weighted by molar-refractivity contribution is -0.411. The van der Waals surface area contributed by atoms with E-state index in [1.165, 1.54) is 27.7 Å². The van der Waals surface area contributed by atoms with Crippen LogP contribution in [0.3, 0.4) is 0 Å². The standard InChI is InChI=1S/C38H65NO28/c1-8-13(41)18(46)23(51)33(57-8)66-30-26(62-34-24(52)19(47)17(45)12(7-40)61-34)25(53)35(67-31(30)32(54)55)63-28-21(49)15(43)10(3)59-37(28)65-29-22(50)16(44)11(4)60-38(29)64-27-20(48)14(42)9(2)58-36(27)56-6-5-39/h8-31,33-38,40-53H,5-7,39H2,1-4H3,(H,54,55). The molecule has 6 heterocycles. The first-order valence-corrected chi connectivity index (χ1v) is 21.7. The highest BCUT2D eigenvalue weighted by Gasteiger charge is 2.59. The van der Waals surface area contributed by atoms with E-state index in [-0.39, 0.29) is 13.2 Å². The molecule has 29 heteroatoms. The number of hydrogen-bond donors (Lipinski definition) is 16. The van der Waals surface area contributed by atoms with Crippen LogP contribution in [0.1, 0.15) is 27.7 Å². The number of carbonyl (C=O) groups is 1. The Bertz CT molecular complexity index is 1570. The zero-order chi connectivity index (χ0) is 49.5. The lowest BCUT2D eigenvalue weighted by Gasteiger charge is -2.50. The number of rotatable bonds is 15. The van der Waals surface area contributed by atoms with Crippen LogP contribution in [0.5, 0.6) is 0 Å². The van der Waals surface area contributed by atoms with Crippen LogP contribution in [0.15, 0.2) is 0 Å². The third kappa shape index (κ3) is 11.4. The first-order valence-electron chi connectivity index (χ1n) is 21.7. The van der Waals surface area contributed by atoms with Gasteiger partial charge in [-0.1, -0.05) is 0 Å². The van der Waals surface area contributed by atoms with Crippen LogP contribution >= 0.6 is 0 Å². The molecule has 0 bridgehead atoms. The minimum absolute atomic E-state index is 0.00733. The second-order valence-electron chi connectivity index (χ2n) is 17.4. The van der Waals surface area contributed by atoms with Gasteiger partial charge >= 0.3 is 5.97 Å². The second kappa shape index (κ2) is 22.9. The summed E-state index contributed by atoms with van der Waals surface area (Å²) >= 11 is 0. The van der Waals surface area contributed by atoms with E-state index in [2.05, 4.69) is 0 Å². The van der Waals surface area contributed by atoms with Gasteiger partial charge in [-0.15, -0.1) is 0 Å². The first-order chi connectivity index (χ1) is 31.5. The number of aliphatic carboxylic acids is 1. The molecule has 0 radical (unpaired) electrons. The molecule has 6 fully saturated rings. The highest BCUT2D eigenvalue weighted by Crippen LogP contribution is 2.38. The van der Waals surface area contributed by atoms with Crippen molar-refractivity contribution in [1.82, 2.24) is 0 Å². The molecule has 0 aromatic carbocycles. The van der Waals surface area contributed by atoms with Crippen molar-refractivity contribution in [3.8, 4) is 0 Å². The first kappa shape index (κ1) is 54.7. The zero-order valence-corrected chi connectivity index (χ0v) is 36.5. The van der Waals surface area contributed by atoms with Crippen molar-refractivity contribution in [2.45, 2.75) is 212 Å². The molecule has 6 aliphatic rings. The van der Waals surface area contributed by atoms with Gasteiger partial charge < -0.3 is 139 Å². The van der Waals surface area contributed by atoms with Gasteiger partial charge in [0.25, 0.3) is 0 Å². The molecule has 0 aromatic heterocycles. The van der Waals surface area contributed by atoms with Gasteiger partial charge in [0.2, 0.25) is 0 Å². The Kier molecular flexibility index (Phi) is 18.7. The average molecular weight is 984 g/mol. The molecular weight excluding hydrogens is 918 g/mol. The van der Waals surface area contributed by atoms with Crippen LogP contribution in [-0.4, -0.2) is 287 Å². The van der Waals surface area contributed by atoms with E-state index in [1.807, 2.05) is 0 Å². The number of nitrogens with two attached hydrogens (primary N) is 1. The fraction of sp³-hybridized carbons (Fsp3) is 0.974. The highest BCUT2D eigenvalue weighted by molar-refractivity contribution is 5.73. The van der Waals surface area contributed by atoms with Crippen molar-refractivity contribution in [3.63, 3.8) is 0 Å². The molecule has 17 N–H and O–H groups in total. The van der Waals surface area contributed by atoms with Crippen LogP contribution in [0, 0.1) is 0 Å². The lowest BCUT2D eigenvalue weighted by Crippen LogP contribution is -2.69. The van der Waals surface area contributed by atoms with Crippen LogP contribution in [-0.2, 0) is 61.6 Å². The maximum absolute atomic E-state index is 13.0. The van der Waals surface area contributed by atoms with Crippen LogP contribution < -0.4 is 5.73 Å². The van der Waals surface area contributed by atoms with Gasteiger partial charge in [-0.3, -0.25) is 0 Å². The van der Waals surface area contributed by atoms with E-state index >= 15 is 0 Å². The topological polar surface area (TPSA) is 457 Å². The van der Waals surface area contributed by atoms with Crippen molar-refractivity contribution in [1.29, 1.82) is 0 Å². The number of carboxylic acids is 1. The van der Waals surface area contributed by atoms with Crippen molar-refractivity contribution in [3.05, 3.63) is 0 Å². The van der Waals surface area contributed by atoms with Crippen LogP contribution in [0.2, 0.25) is 0 Å². The Morgan fingerprint density at radius 2 is 0.776 bits per heavy atom. The Morgan fingerprint density at radius 1 is 0.418 bits per heavy atom. The summed E-state index contributed by atoms with van der Waals surface area (Å²) in [6, 6.07) is 0. The van der Waals surface area contributed by atoms with Crippen LogP contribution in [0.4, 0.5) is 0 Å². The molecule has 0 amide bonds. The third-order valence-corrected chi connectivity index (χ3v) is 12.6. The summed E-state index contributed by atoms with van der Waals surface area (Å²) in [7, 11) is 0. The molecule has 29 nitrogen and oxygen atoms in total. The smallest absolute Gasteiger partial charge is 0.335 e. The summed E-state index contributed by atoms with van der Waals surface area (Å²) in [4.78, 5) is 13.0. The second-order valence-corrected chi connectivity index (χ2v) is 17.4. The molecule has 0 aromatic rings. The average Bonchev–Trinajstić information content (AvgIpc) is 3.29. The minimum Gasteiger partial charge on any atom is -0.479 e. The number of ether oxygens (including phenoxy) is 12. The molecule has 0 aliphatic carbocycles. The monoisotopic (exact) mass is 983 g/mol. The van der Waals surface area contributed by atoms with E-state index < -0.39 is 197 Å². The molecule has 30 atom stereocenters. The van der Waals surface area contributed by atoms with Crippen molar-refractivity contribution in [2.24, 2.45) is 5.73 Å². The van der Waals surface area contributed by atoms with Gasteiger partial charge in [-0.25, -0.2) is 4.79 Å². The molecule has 0 saturated carbocycles. The van der Waals surface area contributed by atoms with Gasteiger partial charge in [0, 0.05) is 6.54 Å². The Hall–Kier alpha value is -1.61. The van der Waals surface area contributed by atoms with Gasteiger partial charge in [-0.2, -0.15) is 0 Å². The molecule has 30 unspecified atom stereocenters. The summed E-state index contributed by atoms with van der Waals surface area (Å²) in [6.45, 7) is 4.32. The maximum atomic E-state index is 13.0. The fourth-order valence-corrected chi connectivity index (χ4v) is 8.50. The van der Waals surface area contributed by atoms with Crippen molar-refractivity contribution < 1.29 is 138 Å². The SMILES string of the molecule is CC1OC(OC2C(C(=O)O)OC(OC3C(OC4C(OC5C(OCCN)OC(C)C(O)C5O)OC(C)C(O)C4O)OC(C)C(O)C3O)C(O)C2OC2OC(CO)C(O)C(O)C2O)C(O)C(O)C1O. The van der Waals surface area contributed by atoms with Gasteiger partial charge in [0.1, 0.15) is 116 Å². The molecule has 6 saturated heterocycles. The summed E-state index contributed by atoms with van der Waals surface area (Å²) < 4.78 is 69.2. The van der Waals surface area contributed by atoms with E-state index in [0.717, 1.165) is 0 Å². The maximum Gasteiger partial charge on any atom is 0.335 e. The molecule has 0 spiro atoms. The van der Waals surface area contributed by atoms with E-state index in [9.17, 15) is 81.4 Å². The van der Waals surface area contributed by atoms with E-state index in [1.54, 1.807) is 0 Å². The summed E-state index contributed by atoms with van der Waals surface area (Å²) in [5, 5.41) is 162. The molecular formula is C38H65NO28. The van der Waals surface area contributed by atoms with Crippen molar-refractivity contribution in [2.75, 3.05) is 19.8 Å². The zero-order valence-electron chi connectivity index (χ0n) is 36.5. The number of aliphatic hydroxyl groups excluding tert-OH is 14. The number of hydrogen-bond acceptors (Lipinski definition) is 28. The summed E-state index contributed by atoms with van der Waals surface area (Å²) in [5.41, 5.74) is 5.59.